The van der Waals surface area contributed by atoms with Gasteiger partial charge in [0.1, 0.15) is 0 Å². The van der Waals surface area contributed by atoms with E-state index in [4.69, 9.17) is 0 Å². The third kappa shape index (κ3) is 5.16. The van der Waals surface area contributed by atoms with Crippen molar-refractivity contribution in [3.05, 3.63) is 210 Å². The number of hydrogen-bond acceptors (Lipinski definition) is 1. The molecular formula is C53H39N. The second-order valence-corrected chi connectivity index (χ2v) is 14.9. The molecule has 0 bridgehead atoms. The van der Waals surface area contributed by atoms with Crippen LogP contribution in [0.2, 0.25) is 0 Å². The van der Waals surface area contributed by atoms with Crippen LogP contribution < -0.4 is 4.90 Å². The first-order valence-corrected chi connectivity index (χ1v) is 18.9. The van der Waals surface area contributed by atoms with Crippen LogP contribution in [0.3, 0.4) is 0 Å². The lowest BCUT2D eigenvalue weighted by molar-refractivity contribution is 0.660. The van der Waals surface area contributed by atoms with Crippen molar-refractivity contribution in [1.82, 2.24) is 0 Å². The fraction of sp³-hybridized carbons (Fsp3) is 0.0566. The summed E-state index contributed by atoms with van der Waals surface area (Å²) < 4.78 is 0. The summed E-state index contributed by atoms with van der Waals surface area (Å²) in [6, 6.07) is 68.6. The Labute approximate surface area is 317 Å². The topological polar surface area (TPSA) is 3.24 Å². The Morgan fingerprint density at radius 3 is 1.67 bits per heavy atom. The molecule has 0 aliphatic heterocycles. The van der Waals surface area contributed by atoms with Gasteiger partial charge in [-0.25, -0.2) is 0 Å². The van der Waals surface area contributed by atoms with E-state index in [1.165, 1.54) is 71.3 Å². The Kier molecular flexibility index (Phi) is 7.56. The first-order valence-electron chi connectivity index (χ1n) is 18.9. The van der Waals surface area contributed by atoms with Crippen LogP contribution in [0.5, 0.6) is 0 Å². The molecule has 0 atom stereocenters. The van der Waals surface area contributed by atoms with E-state index >= 15 is 0 Å². The molecule has 1 nitrogen and oxygen atoms in total. The summed E-state index contributed by atoms with van der Waals surface area (Å²) >= 11 is 0. The average molecular weight is 690 g/mol. The maximum atomic E-state index is 2.40. The van der Waals surface area contributed by atoms with Crippen molar-refractivity contribution in [2.45, 2.75) is 19.3 Å². The minimum atomic E-state index is -0.0691. The molecule has 0 radical (unpaired) electrons. The molecule has 1 aliphatic carbocycles. The molecule has 9 aromatic rings. The molecule has 0 N–H and O–H groups in total. The highest BCUT2D eigenvalue weighted by Gasteiger charge is 2.35. The molecule has 54 heavy (non-hydrogen) atoms. The molecule has 0 spiro atoms. The van der Waals surface area contributed by atoms with Gasteiger partial charge >= 0.3 is 0 Å². The maximum Gasteiger partial charge on any atom is 0.0465 e. The van der Waals surface area contributed by atoms with E-state index in [-0.39, 0.29) is 5.41 Å². The van der Waals surface area contributed by atoms with E-state index in [1.807, 2.05) is 0 Å². The molecule has 0 saturated heterocycles. The molecule has 0 saturated carbocycles. The van der Waals surface area contributed by atoms with Crippen molar-refractivity contribution in [1.29, 1.82) is 0 Å². The van der Waals surface area contributed by atoms with Gasteiger partial charge in [-0.1, -0.05) is 178 Å². The number of fused-ring (bicyclic) bond motifs is 6. The van der Waals surface area contributed by atoms with Crippen LogP contribution in [0.25, 0.3) is 66.7 Å². The smallest absolute Gasteiger partial charge is 0.0465 e. The zero-order chi connectivity index (χ0) is 36.2. The highest BCUT2D eigenvalue weighted by molar-refractivity contribution is 6.20. The zero-order valence-electron chi connectivity index (χ0n) is 30.5. The van der Waals surface area contributed by atoms with Gasteiger partial charge in [0.15, 0.2) is 0 Å². The first kappa shape index (κ1) is 32.0. The number of anilines is 3. The molecular weight excluding hydrogens is 651 g/mol. The predicted molar refractivity (Wildman–Crippen MR) is 232 cm³/mol. The van der Waals surface area contributed by atoms with Crippen LogP contribution in [-0.2, 0) is 5.41 Å². The molecule has 0 amide bonds. The van der Waals surface area contributed by atoms with Crippen molar-refractivity contribution in [3.63, 3.8) is 0 Å². The van der Waals surface area contributed by atoms with Gasteiger partial charge in [-0.3, -0.25) is 0 Å². The number of rotatable bonds is 6. The summed E-state index contributed by atoms with van der Waals surface area (Å²) in [7, 11) is 0. The van der Waals surface area contributed by atoms with E-state index in [9.17, 15) is 0 Å². The number of hydrogen-bond donors (Lipinski definition) is 0. The largest absolute Gasteiger partial charge is 0.310 e. The van der Waals surface area contributed by atoms with Crippen LogP contribution in [0, 0.1) is 0 Å². The average Bonchev–Trinajstić information content (AvgIpc) is 3.45. The SMILES string of the molecule is CC1(C)c2ccccc2-c2ccc(N(c3ccccc3)c3ccc(C=Cc4c5ccccc5c(-c5cccc6ccccc56)c5ccccc45)cc3)cc21. The summed E-state index contributed by atoms with van der Waals surface area (Å²) in [6.45, 7) is 4.69. The Morgan fingerprint density at radius 2 is 0.926 bits per heavy atom. The van der Waals surface area contributed by atoms with E-state index in [0.717, 1.165) is 22.6 Å². The normalized spacial score (nSPS) is 13.1. The highest BCUT2D eigenvalue weighted by Crippen LogP contribution is 2.50. The van der Waals surface area contributed by atoms with Crippen molar-refractivity contribution in [2.24, 2.45) is 0 Å². The monoisotopic (exact) mass is 689 g/mol. The Balaban J connectivity index is 1.05. The van der Waals surface area contributed by atoms with Crippen LogP contribution in [0.1, 0.15) is 36.1 Å². The Bertz CT molecular complexity index is 2830. The van der Waals surface area contributed by atoms with Gasteiger partial charge in [0.05, 0.1) is 0 Å². The quantitative estimate of drug-likeness (QED) is 0.124. The summed E-state index contributed by atoms with van der Waals surface area (Å²) in [4.78, 5) is 2.37. The van der Waals surface area contributed by atoms with Crippen LogP contribution in [-0.4, -0.2) is 0 Å². The maximum absolute atomic E-state index is 2.40. The first-order chi connectivity index (χ1) is 26.6. The molecule has 1 heteroatoms. The molecule has 0 aromatic heterocycles. The number of para-hydroxylation sites is 1. The van der Waals surface area contributed by atoms with E-state index in [0.29, 0.717) is 0 Å². The third-order valence-corrected chi connectivity index (χ3v) is 11.5. The van der Waals surface area contributed by atoms with E-state index in [2.05, 4.69) is 219 Å². The fourth-order valence-corrected chi connectivity index (χ4v) is 8.84. The minimum Gasteiger partial charge on any atom is -0.310 e. The summed E-state index contributed by atoms with van der Waals surface area (Å²) in [6.07, 6.45) is 4.57. The van der Waals surface area contributed by atoms with Crippen molar-refractivity contribution in [2.75, 3.05) is 4.90 Å². The second kappa shape index (κ2) is 12.8. The highest BCUT2D eigenvalue weighted by atomic mass is 15.1. The van der Waals surface area contributed by atoms with Gasteiger partial charge in [0, 0.05) is 22.5 Å². The van der Waals surface area contributed by atoms with E-state index in [1.54, 1.807) is 0 Å². The van der Waals surface area contributed by atoms with Crippen molar-refractivity contribution >= 4 is 61.5 Å². The van der Waals surface area contributed by atoms with Gasteiger partial charge in [-0.05, 0) is 113 Å². The van der Waals surface area contributed by atoms with Gasteiger partial charge in [-0.15, -0.1) is 0 Å². The second-order valence-electron chi connectivity index (χ2n) is 14.9. The molecule has 0 fully saturated rings. The van der Waals surface area contributed by atoms with Crippen LogP contribution in [0.15, 0.2) is 188 Å². The molecule has 0 heterocycles. The third-order valence-electron chi connectivity index (χ3n) is 11.5. The summed E-state index contributed by atoms with van der Waals surface area (Å²) in [5.74, 6) is 0. The standard InChI is InChI=1S/C53H39N/c1-53(2)50-26-13-12-22-45(50)46-34-32-40(35-51(46)53)54(38-17-4-3-5-18-38)39-30-27-36(28-31-39)29-33-44-42-20-8-10-23-48(42)52(49-24-11-9-21-43(44)49)47-25-14-16-37-15-6-7-19-41(37)47/h3-35H,1-2H3. The van der Waals surface area contributed by atoms with Gasteiger partial charge < -0.3 is 4.90 Å². The molecule has 256 valence electrons. The van der Waals surface area contributed by atoms with Gasteiger partial charge in [-0.2, -0.15) is 0 Å². The molecule has 1 aliphatic rings. The molecule has 9 aromatic carbocycles. The lowest BCUT2D eigenvalue weighted by Crippen LogP contribution is -2.16. The number of nitrogens with zero attached hydrogens (tertiary/aromatic N) is 1. The molecule has 10 rings (SSSR count). The number of benzene rings is 9. The van der Waals surface area contributed by atoms with Crippen LogP contribution >= 0.6 is 0 Å². The zero-order valence-corrected chi connectivity index (χ0v) is 30.5. The lowest BCUT2D eigenvalue weighted by atomic mass is 9.82. The summed E-state index contributed by atoms with van der Waals surface area (Å²) in [5, 5.41) is 7.57. The molecule has 0 unspecified atom stereocenters. The lowest BCUT2D eigenvalue weighted by Gasteiger charge is -2.28. The van der Waals surface area contributed by atoms with Gasteiger partial charge in [0.25, 0.3) is 0 Å². The van der Waals surface area contributed by atoms with E-state index < -0.39 is 0 Å². The fourth-order valence-electron chi connectivity index (χ4n) is 8.84. The Hall–Kier alpha value is -6.70. The van der Waals surface area contributed by atoms with Gasteiger partial charge in [0.2, 0.25) is 0 Å². The summed E-state index contributed by atoms with van der Waals surface area (Å²) in [5.41, 5.74) is 13.7. The van der Waals surface area contributed by atoms with Crippen molar-refractivity contribution < 1.29 is 0 Å². The predicted octanol–water partition coefficient (Wildman–Crippen LogP) is 14.8. The Morgan fingerprint density at radius 1 is 0.389 bits per heavy atom. The van der Waals surface area contributed by atoms with Crippen LogP contribution in [0.4, 0.5) is 17.1 Å². The minimum absolute atomic E-state index is 0.0691. The van der Waals surface area contributed by atoms with Crippen molar-refractivity contribution in [3.8, 4) is 22.3 Å².